The van der Waals surface area contributed by atoms with Gasteiger partial charge in [-0.15, -0.1) is 0 Å². The van der Waals surface area contributed by atoms with Crippen LogP contribution >= 0.6 is 11.6 Å². The number of hydrogen-bond donors (Lipinski definition) is 2. The monoisotopic (exact) mass is 256 g/mol. The standard InChI is InChI=1S/C13H21ClN2O/c1-11-12(14)5-3-6-13(11)16-9-8-15-7-4-10-17-2/h3,5-6,15-16H,4,7-10H2,1-2H3. The second-order valence-corrected chi connectivity index (χ2v) is 4.34. The molecule has 0 spiro atoms. The highest BCUT2D eigenvalue weighted by atomic mass is 35.5. The first-order valence-electron chi connectivity index (χ1n) is 5.94. The summed E-state index contributed by atoms with van der Waals surface area (Å²) in [4.78, 5) is 0. The van der Waals surface area contributed by atoms with Crippen LogP contribution in [0.1, 0.15) is 12.0 Å². The molecule has 0 atom stereocenters. The van der Waals surface area contributed by atoms with Gasteiger partial charge in [-0.3, -0.25) is 0 Å². The highest BCUT2D eigenvalue weighted by Crippen LogP contribution is 2.22. The van der Waals surface area contributed by atoms with Crippen molar-refractivity contribution < 1.29 is 4.74 Å². The zero-order valence-electron chi connectivity index (χ0n) is 10.6. The molecule has 0 saturated carbocycles. The van der Waals surface area contributed by atoms with Gasteiger partial charge in [-0.1, -0.05) is 17.7 Å². The topological polar surface area (TPSA) is 33.3 Å². The van der Waals surface area contributed by atoms with Gasteiger partial charge in [0.15, 0.2) is 0 Å². The van der Waals surface area contributed by atoms with Gasteiger partial charge in [-0.2, -0.15) is 0 Å². The van der Waals surface area contributed by atoms with Crippen molar-refractivity contribution in [3.63, 3.8) is 0 Å². The van der Waals surface area contributed by atoms with Crippen molar-refractivity contribution in [2.24, 2.45) is 0 Å². The summed E-state index contributed by atoms with van der Waals surface area (Å²) in [6.07, 6.45) is 1.05. The lowest BCUT2D eigenvalue weighted by molar-refractivity contribution is 0.194. The molecule has 17 heavy (non-hydrogen) atoms. The van der Waals surface area contributed by atoms with Gasteiger partial charge in [0.25, 0.3) is 0 Å². The molecular weight excluding hydrogens is 236 g/mol. The predicted molar refractivity (Wildman–Crippen MR) is 74.0 cm³/mol. The molecule has 96 valence electrons. The molecule has 1 aromatic rings. The van der Waals surface area contributed by atoms with E-state index in [0.717, 1.165) is 48.9 Å². The molecule has 2 N–H and O–H groups in total. The Balaban J connectivity index is 2.16. The molecule has 0 saturated heterocycles. The Morgan fingerprint density at radius 1 is 1.24 bits per heavy atom. The zero-order valence-corrected chi connectivity index (χ0v) is 11.3. The maximum Gasteiger partial charge on any atom is 0.0474 e. The maximum absolute atomic E-state index is 6.04. The van der Waals surface area contributed by atoms with E-state index < -0.39 is 0 Å². The van der Waals surface area contributed by atoms with E-state index in [-0.39, 0.29) is 0 Å². The van der Waals surface area contributed by atoms with Crippen LogP contribution in [0.25, 0.3) is 0 Å². The first-order valence-corrected chi connectivity index (χ1v) is 6.32. The lowest BCUT2D eigenvalue weighted by Crippen LogP contribution is -2.24. The van der Waals surface area contributed by atoms with E-state index in [2.05, 4.69) is 10.6 Å². The molecule has 4 heteroatoms. The molecule has 1 aromatic carbocycles. The third kappa shape index (κ3) is 5.39. The average molecular weight is 257 g/mol. The quantitative estimate of drug-likeness (QED) is 0.702. The highest BCUT2D eigenvalue weighted by Gasteiger charge is 2.00. The molecule has 0 aliphatic carbocycles. The molecule has 0 amide bonds. The van der Waals surface area contributed by atoms with Gasteiger partial charge in [0, 0.05) is 37.5 Å². The van der Waals surface area contributed by atoms with Crippen LogP contribution in [0.15, 0.2) is 18.2 Å². The van der Waals surface area contributed by atoms with Gasteiger partial charge in [0.05, 0.1) is 0 Å². The lowest BCUT2D eigenvalue weighted by Gasteiger charge is -2.11. The molecule has 0 aliphatic rings. The average Bonchev–Trinajstić information content (AvgIpc) is 2.33. The number of ether oxygens (including phenoxy) is 1. The van der Waals surface area contributed by atoms with Crippen LogP contribution < -0.4 is 10.6 Å². The number of halogens is 1. The zero-order chi connectivity index (χ0) is 12.5. The minimum Gasteiger partial charge on any atom is -0.385 e. The Morgan fingerprint density at radius 3 is 2.82 bits per heavy atom. The lowest BCUT2D eigenvalue weighted by atomic mass is 10.2. The Bertz CT molecular complexity index is 331. The molecule has 0 fully saturated rings. The van der Waals surface area contributed by atoms with Gasteiger partial charge in [-0.05, 0) is 37.6 Å². The van der Waals surface area contributed by atoms with E-state index in [1.54, 1.807) is 7.11 Å². The van der Waals surface area contributed by atoms with Gasteiger partial charge >= 0.3 is 0 Å². The first kappa shape index (κ1) is 14.3. The van der Waals surface area contributed by atoms with Crippen LogP contribution in [0.5, 0.6) is 0 Å². The maximum atomic E-state index is 6.04. The molecule has 0 aromatic heterocycles. The normalized spacial score (nSPS) is 10.5. The Hall–Kier alpha value is -0.770. The number of methoxy groups -OCH3 is 1. The van der Waals surface area contributed by atoms with E-state index in [4.69, 9.17) is 16.3 Å². The van der Waals surface area contributed by atoms with Crippen LogP contribution in [-0.4, -0.2) is 33.4 Å². The highest BCUT2D eigenvalue weighted by molar-refractivity contribution is 6.31. The van der Waals surface area contributed by atoms with E-state index in [1.165, 1.54) is 0 Å². The fourth-order valence-electron chi connectivity index (χ4n) is 1.55. The van der Waals surface area contributed by atoms with Gasteiger partial charge in [-0.25, -0.2) is 0 Å². The molecule has 3 nitrogen and oxygen atoms in total. The smallest absolute Gasteiger partial charge is 0.0474 e. The molecular formula is C13H21ClN2O. The van der Waals surface area contributed by atoms with Crippen molar-refractivity contribution in [3.8, 4) is 0 Å². The predicted octanol–water partition coefficient (Wildman–Crippen LogP) is 2.69. The van der Waals surface area contributed by atoms with E-state index in [0.29, 0.717) is 0 Å². The van der Waals surface area contributed by atoms with Crippen molar-refractivity contribution in [1.29, 1.82) is 0 Å². The summed E-state index contributed by atoms with van der Waals surface area (Å²) in [5.41, 5.74) is 2.21. The summed E-state index contributed by atoms with van der Waals surface area (Å²) in [7, 11) is 1.73. The van der Waals surface area contributed by atoms with E-state index in [1.807, 2.05) is 25.1 Å². The van der Waals surface area contributed by atoms with Gasteiger partial charge < -0.3 is 15.4 Å². The minimum absolute atomic E-state index is 0.808. The summed E-state index contributed by atoms with van der Waals surface area (Å²) in [5, 5.41) is 7.52. The largest absolute Gasteiger partial charge is 0.385 e. The SMILES string of the molecule is COCCCNCCNc1cccc(Cl)c1C. The van der Waals surface area contributed by atoms with E-state index in [9.17, 15) is 0 Å². The molecule has 0 radical (unpaired) electrons. The van der Waals surface area contributed by atoms with Gasteiger partial charge in [0.2, 0.25) is 0 Å². The second-order valence-electron chi connectivity index (χ2n) is 3.94. The third-order valence-electron chi connectivity index (χ3n) is 2.59. The first-order chi connectivity index (χ1) is 8.25. The van der Waals surface area contributed by atoms with Crippen LogP contribution in [0.3, 0.4) is 0 Å². The van der Waals surface area contributed by atoms with E-state index >= 15 is 0 Å². The summed E-state index contributed by atoms with van der Waals surface area (Å²) in [5.74, 6) is 0. The Kier molecular flexibility index (Phi) is 7.01. The van der Waals surface area contributed by atoms with Crippen molar-refractivity contribution >= 4 is 17.3 Å². The van der Waals surface area contributed by atoms with Crippen LogP contribution in [-0.2, 0) is 4.74 Å². The number of nitrogens with one attached hydrogen (secondary N) is 2. The van der Waals surface area contributed by atoms with Crippen LogP contribution in [0.4, 0.5) is 5.69 Å². The van der Waals surface area contributed by atoms with Crippen molar-refractivity contribution in [3.05, 3.63) is 28.8 Å². The second kappa shape index (κ2) is 8.34. The Labute approximate surface area is 109 Å². The summed E-state index contributed by atoms with van der Waals surface area (Å²) >= 11 is 6.04. The van der Waals surface area contributed by atoms with Crippen molar-refractivity contribution in [2.75, 3.05) is 38.7 Å². The number of anilines is 1. The minimum atomic E-state index is 0.808. The van der Waals surface area contributed by atoms with Crippen molar-refractivity contribution in [1.82, 2.24) is 5.32 Å². The number of hydrogen-bond acceptors (Lipinski definition) is 3. The summed E-state index contributed by atoms with van der Waals surface area (Å²) < 4.78 is 4.98. The summed E-state index contributed by atoms with van der Waals surface area (Å²) in [6.45, 7) is 5.67. The fourth-order valence-corrected chi connectivity index (χ4v) is 1.73. The molecule has 1 rings (SSSR count). The molecule has 0 unspecified atom stereocenters. The van der Waals surface area contributed by atoms with Crippen LogP contribution in [0.2, 0.25) is 5.02 Å². The molecule has 0 bridgehead atoms. The Morgan fingerprint density at radius 2 is 2.06 bits per heavy atom. The molecule has 0 heterocycles. The van der Waals surface area contributed by atoms with Crippen LogP contribution in [0, 0.1) is 6.92 Å². The van der Waals surface area contributed by atoms with Crippen molar-refractivity contribution in [2.45, 2.75) is 13.3 Å². The number of benzene rings is 1. The fraction of sp³-hybridized carbons (Fsp3) is 0.538. The third-order valence-corrected chi connectivity index (χ3v) is 3.00. The molecule has 0 aliphatic heterocycles. The number of rotatable bonds is 8. The van der Waals surface area contributed by atoms with Gasteiger partial charge in [0.1, 0.15) is 0 Å². The summed E-state index contributed by atoms with van der Waals surface area (Å²) in [6, 6.07) is 5.92.